The van der Waals surface area contributed by atoms with Gasteiger partial charge in [-0.15, -0.1) is 0 Å². The third-order valence-electron chi connectivity index (χ3n) is 4.32. The first kappa shape index (κ1) is 19.7. The zero-order valence-corrected chi connectivity index (χ0v) is 14.6. The number of hydrogen-bond acceptors (Lipinski definition) is 4. The number of piperidine rings is 1. The molecule has 0 saturated carbocycles. The van der Waals surface area contributed by atoms with E-state index < -0.39 is 29.6 Å². The number of thiazole rings is 1. The Morgan fingerprint density at radius 1 is 1.19 bits per heavy atom. The van der Waals surface area contributed by atoms with Crippen molar-refractivity contribution in [3.8, 4) is 0 Å². The van der Waals surface area contributed by atoms with Gasteiger partial charge in [0.05, 0.1) is 22.6 Å². The van der Waals surface area contributed by atoms with Crippen LogP contribution in [0.3, 0.4) is 0 Å². The average molecular weight is 408 g/mol. The van der Waals surface area contributed by atoms with E-state index in [2.05, 4.69) is 4.98 Å². The second kappa shape index (κ2) is 7.14. The fourth-order valence-corrected chi connectivity index (χ4v) is 3.83. The maximum Gasteiger partial charge on any atom is 0.416 e. The smallest absolute Gasteiger partial charge is 0.347 e. The monoisotopic (exact) mass is 408 g/mol. The van der Waals surface area contributed by atoms with Crippen molar-refractivity contribution in [2.75, 3.05) is 18.0 Å². The molecule has 0 amide bonds. The van der Waals surface area contributed by atoms with Crippen molar-refractivity contribution in [1.29, 1.82) is 0 Å². The third kappa shape index (κ3) is 4.42. The van der Waals surface area contributed by atoms with Crippen molar-refractivity contribution in [2.45, 2.75) is 25.2 Å². The number of hydrogen-bond donors (Lipinski definition) is 0. The Morgan fingerprint density at radius 2 is 1.93 bits per heavy atom. The van der Waals surface area contributed by atoms with Crippen LogP contribution in [-0.4, -0.2) is 30.0 Å². The van der Waals surface area contributed by atoms with Crippen molar-refractivity contribution in [2.24, 2.45) is 5.92 Å². The Bertz CT molecular complexity index is 829. The molecule has 0 unspecified atom stereocenters. The summed E-state index contributed by atoms with van der Waals surface area (Å²) in [5, 5.41) is 0.263. The number of alkyl halides is 6. The lowest BCUT2D eigenvalue weighted by Crippen LogP contribution is -2.41. The zero-order chi connectivity index (χ0) is 19.8. The number of aromatic nitrogens is 1. The van der Waals surface area contributed by atoms with E-state index in [0.29, 0.717) is 13.0 Å². The summed E-state index contributed by atoms with van der Waals surface area (Å²) in [7, 11) is 0. The quantitative estimate of drug-likeness (QED) is 0.519. The van der Waals surface area contributed by atoms with Crippen LogP contribution in [0.1, 0.15) is 33.6 Å². The van der Waals surface area contributed by atoms with Gasteiger partial charge in [-0.3, -0.25) is 4.79 Å². The summed E-state index contributed by atoms with van der Waals surface area (Å²) >= 11 is 0.885. The topological polar surface area (TPSA) is 33.2 Å². The SMILES string of the molecule is O=C(c1cccc(C(F)(F)F)c1)c1cnc(N2CCC[C@H](C(F)(F)F)C2)s1. The molecule has 0 N–H and O–H groups in total. The number of rotatable bonds is 3. The first-order valence-corrected chi connectivity index (χ1v) is 8.87. The molecule has 1 atom stereocenters. The highest BCUT2D eigenvalue weighted by Gasteiger charge is 2.42. The zero-order valence-electron chi connectivity index (χ0n) is 13.8. The minimum absolute atomic E-state index is 0.0431. The maximum atomic E-state index is 12.9. The van der Waals surface area contributed by atoms with Crippen molar-refractivity contribution in [3.05, 3.63) is 46.5 Å². The number of halogens is 6. The lowest BCUT2D eigenvalue weighted by atomic mass is 9.98. The number of carbonyl (C=O) groups is 1. The summed E-state index contributed by atoms with van der Waals surface area (Å²) in [5.74, 6) is -2.10. The highest BCUT2D eigenvalue weighted by molar-refractivity contribution is 7.17. The Hall–Kier alpha value is -2.10. The predicted octanol–water partition coefficient (Wildman–Crippen LogP) is 5.17. The van der Waals surface area contributed by atoms with E-state index >= 15 is 0 Å². The Balaban J connectivity index is 1.79. The van der Waals surface area contributed by atoms with Crippen LogP contribution in [0.25, 0.3) is 0 Å². The Morgan fingerprint density at radius 3 is 2.59 bits per heavy atom. The molecular formula is C17H14F6N2OS. The van der Waals surface area contributed by atoms with Crippen molar-refractivity contribution in [1.82, 2.24) is 4.98 Å². The van der Waals surface area contributed by atoms with E-state index in [1.807, 2.05) is 0 Å². The van der Waals surface area contributed by atoms with E-state index in [1.165, 1.54) is 17.2 Å². The molecule has 146 valence electrons. The highest BCUT2D eigenvalue weighted by atomic mass is 32.1. The van der Waals surface area contributed by atoms with Gasteiger partial charge in [0, 0.05) is 18.7 Å². The van der Waals surface area contributed by atoms with Crippen LogP contribution in [-0.2, 0) is 6.18 Å². The second-order valence-electron chi connectivity index (χ2n) is 6.24. The van der Waals surface area contributed by atoms with Crippen molar-refractivity contribution in [3.63, 3.8) is 0 Å². The van der Waals surface area contributed by atoms with Gasteiger partial charge >= 0.3 is 12.4 Å². The largest absolute Gasteiger partial charge is 0.416 e. The molecule has 3 rings (SSSR count). The molecule has 1 aromatic heterocycles. The molecule has 1 aromatic carbocycles. The third-order valence-corrected chi connectivity index (χ3v) is 5.38. The molecule has 0 radical (unpaired) electrons. The molecule has 2 heterocycles. The maximum absolute atomic E-state index is 12.9. The lowest BCUT2D eigenvalue weighted by molar-refractivity contribution is -0.176. The van der Waals surface area contributed by atoms with Crippen LogP contribution in [0.5, 0.6) is 0 Å². The fourth-order valence-electron chi connectivity index (χ4n) is 2.91. The summed E-state index contributed by atoms with van der Waals surface area (Å²) in [6.45, 7) is 0.144. The van der Waals surface area contributed by atoms with Crippen molar-refractivity contribution >= 4 is 22.3 Å². The number of benzene rings is 1. The summed E-state index contributed by atoms with van der Waals surface area (Å²) < 4.78 is 77.2. The van der Waals surface area contributed by atoms with Gasteiger partial charge in [0.1, 0.15) is 0 Å². The van der Waals surface area contributed by atoms with Gasteiger partial charge in [0.25, 0.3) is 0 Å². The van der Waals surface area contributed by atoms with E-state index in [9.17, 15) is 31.1 Å². The Labute approximate surface area is 154 Å². The van der Waals surface area contributed by atoms with Crippen LogP contribution in [0.15, 0.2) is 30.5 Å². The van der Waals surface area contributed by atoms with Crippen LogP contribution < -0.4 is 4.90 Å². The normalized spacial score (nSPS) is 18.6. The van der Waals surface area contributed by atoms with Gasteiger partial charge < -0.3 is 4.90 Å². The molecule has 1 aliphatic heterocycles. The highest BCUT2D eigenvalue weighted by Crippen LogP contribution is 2.36. The standard InChI is InChI=1S/C17H14F6N2OS/c18-16(19,20)11-4-1-3-10(7-11)14(26)13-8-24-15(27-13)25-6-2-5-12(9-25)17(21,22)23/h1,3-4,7-8,12H,2,5-6,9H2/t12-/m0/s1. The molecule has 10 heteroatoms. The molecule has 0 spiro atoms. The summed E-state index contributed by atoms with van der Waals surface area (Å²) in [4.78, 5) is 18.0. The van der Waals surface area contributed by atoms with Crippen LogP contribution in [0, 0.1) is 5.92 Å². The molecule has 27 heavy (non-hydrogen) atoms. The number of anilines is 1. The Kier molecular flexibility index (Phi) is 5.20. The molecule has 2 aromatic rings. The summed E-state index contributed by atoms with van der Waals surface area (Å²) in [6, 6.07) is 4.01. The van der Waals surface area contributed by atoms with E-state index in [0.717, 1.165) is 29.5 Å². The van der Waals surface area contributed by atoms with Gasteiger partial charge in [-0.1, -0.05) is 23.5 Å². The number of nitrogens with zero attached hydrogens (tertiary/aromatic N) is 2. The second-order valence-corrected chi connectivity index (χ2v) is 7.25. The van der Waals surface area contributed by atoms with Gasteiger partial charge in [-0.25, -0.2) is 4.98 Å². The molecule has 1 aliphatic rings. The minimum Gasteiger partial charge on any atom is -0.347 e. The molecule has 0 bridgehead atoms. The molecule has 1 fully saturated rings. The first-order valence-electron chi connectivity index (χ1n) is 8.05. The van der Waals surface area contributed by atoms with Crippen molar-refractivity contribution < 1.29 is 31.1 Å². The van der Waals surface area contributed by atoms with Crippen LogP contribution in [0.4, 0.5) is 31.5 Å². The molecule has 0 aliphatic carbocycles. The number of ketones is 1. The molecule has 3 nitrogen and oxygen atoms in total. The minimum atomic E-state index is -4.57. The van der Waals surface area contributed by atoms with Crippen LogP contribution >= 0.6 is 11.3 Å². The molecular weight excluding hydrogens is 394 g/mol. The summed E-state index contributed by atoms with van der Waals surface area (Å²) in [5.41, 5.74) is -1.09. The van der Waals surface area contributed by atoms with Gasteiger partial charge in [0.15, 0.2) is 5.13 Å². The number of carbonyl (C=O) groups excluding carboxylic acids is 1. The average Bonchev–Trinajstić information content (AvgIpc) is 3.10. The van der Waals surface area contributed by atoms with E-state index in [4.69, 9.17) is 0 Å². The summed E-state index contributed by atoms with van der Waals surface area (Å²) in [6.07, 6.45) is -7.29. The van der Waals surface area contributed by atoms with E-state index in [1.54, 1.807) is 0 Å². The first-order chi connectivity index (χ1) is 12.6. The lowest BCUT2D eigenvalue weighted by Gasteiger charge is -2.33. The predicted molar refractivity (Wildman–Crippen MR) is 88.0 cm³/mol. The van der Waals surface area contributed by atoms with Gasteiger partial charge in [-0.2, -0.15) is 26.3 Å². The van der Waals surface area contributed by atoms with Crippen LogP contribution in [0.2, 0.25) is 0 Å². The van der Waals surface area contributed by atoms with Gasteiger partial charge in [0.2, 0.25) is 5.78 Å². The van der Waals surface area contributed by atoms with Gasteiger partial charge in [-0.05, 0) is 25.0 Å². The molecule has 1 saturated heterocycles. The van der Waals surface area contributed by atoms with E-state index in [-0.39, 0.29) is 28.5 Å². The fraction of sp³-hybridized carbons (Fsp3) is 0.412.